The number of carbonyl (C=O) groups excluding carboxylic acids is 2. The molecule has 1 fully saturated rings. The molecular weight excluding hydrogens is 342 g/mol. The van der Waals surface area contributed by atoms with Gasteiger partial charge in [-0.3, -0.25) is 9.59 Å². The van der Waals surface area contributed by atoms with Gasteiger partial charge in [0.05, 0.1) is 5.52 Å². The molecule has 0 saturated carbocycles. The molecule has 6 heteroatoms. The number of ether oxygens (including phenoxy) is 1. The smallest absolute Gasteiger partial charge is 0.306 e. The molecule has 144 valence electrons. The van der Waals surface area contributed by atoms with Crippen LogP contribution in [-0.2, 0) is 14.3 Å². The number of nitrogens with zero attached hydrogens (tertiary/aromatic N) is 2. The monoisotopic (exact) mass is 369 g/mol. The summed E-state index contributed by atoms with van der Waals surface area (Å²) in [7, 11) is 1.53. The predicted octanol–water partition coefficient (Wildman–Crippen LogP) is 2.91. The molecular formula is C21H27N3O3. The first-order valence-electron chi connectivity index (χ1n) is 9.58. The van der Waals surface area contributed by atoms with E-state index in [1.54, 1.807) is 6.92 Å². The largest absolute Gasteiger partial charge is 0.453 e. The van der Waals surface area contributed by atoms with Crippen LogP contribution in [0.15, 0.2) is 36.4 Å². The van der Waals surface area contributed by atoms with Gasteiger partial charge in [-0.25, -0.2) is 4.98 Å². The molecule has 1 atom stereocenters. The van der Waals surface area contributed by atoms with Gasteiger partial charge in [0.1, 0.15) is 5.82 Å². The van der Waals surface area contributed by atoms with E-state index in [9.17, 15) is 9.59 Å². The minimum Gasteiger partial charge on any atom is -0.453 e. The van der Waals surface area contributed by atoms with Crippen LogP contribution >= 0.6 is 0 Å². The third kappa shape index (κ3) is 4.96. The fourth-order valence-electron chi connectivity index (χ4n) is 3.52. The van der Waals surface area contributed by atoms with Crippen molar-refractivity contribution in [2.45, 2.75) is 38.7 Å². The van der Waals surface area contributed by atoms with Crippen molar-refractivity contribution < 1.29 is 14.3 Å². The Morgan fingerprint density at radius 2 is 1.96 bits per heavy atom. The Hall–Kier alpha value is -2.63. The van der Waals surface area contributed by atoms with Crippen molar-refractivity contribution in [3.63, 3.8) is 0 Å². The number of hydrogen-bond acceptors (Lipinski definition) is 5. The van der Waals surface area contributed by atoms with Gasteiger partial charge < -0.3 is 15.0 Å². The number of piperidine rings is 1. The van der Waals surface area contributed by atoms with Gasteiger partial charge in [0, 0.05) is 31.9 Å². The van der Waals surface area contributed by atoms with Crippen LogP contribution in [0, 0.1) is 5.92 Å². The first kappa shape index (κ1) is 19.1. The zero-order valence-corrected chi connectivity index (χ0v) is 16.0. The van der Waals surface area contributed by atoms with Gasteiger partial charge >= 0.3 is 5.97 Å². The van der Waals surface area contributed by atoms with Crippen LogP contribution in [0.3, 0.4) is 0 Å². The number of rotatable bonds is 6. The summed E-state index contributed by atoms with van der Waals surface area (Å²) in [5.41, 5.74) is 1.02. The summed E-state index contributed by atoms with van der Waals surface area (Å²) >= 11 is 0. The highest BCUT2D eigenvalue weighted by atomic mass is 16.5. The van der Waals surface area contributed by atoms with Crippen molar-refractivity contribution in [2.24, 2.45) is 5.92 Å². The van der Waals surface area contributed by atoms with Crippen LogP contribution in [0.1, 0.15) is 32.6 Å². The number of amides is 1. The second-order valence-corrected chi connectivity index (χ2v) is 7.08. The van der Waals surface area contributed by atoms with Gasteiger partial charge in [-0.15, -0.1) is 0 Å². The Morgan fingerprint density at radius 1 is 1.22 bits per heavy atom. The van der Waals surface area contributed by atoms with E-state index in [0.717, 1.165) is 49.1 Å². The summed E-state index contributed by atoms with van der Waals surface area (Å²) in [4.78, 5) is 30.4. The first-order valence-corrected chi connectivity index (χ1v) is 9.58. The molecule has 27 heavy (non-hydrogen) atoms. The molecule has 1 aliphatic heterocycles. The number of hydrogen-bond donors (Lipinski definition) is 1. The standard InChI is InChI=1S/C21H27N3O3/c1-15(21(26)22-2)27-20(25)10-7-16-11-13-24(14-12-16)19-9-8-17-5-3-4-6-18(17)23-19/h3-6,8-9,15-16H,7,10-14H2,1-2H3,(H,22,26). The van der Waals surface area contributed by atoms with E-state index >= 15 is 0 Å². The van der Waals surface area contributed by atoms with E-state index in [4.69, 9.17) is 9.72 Å². The number of nitrogens with one attached hydrogen (secondary N) is 1. The highest BCUT2D eigenvalue weighted by Gasteiger charge is 2.22. The first-order chi connectivity index (χ1) is 13.1. The Labute approximate surface area is 159 Å². The van der Waals surface area contributed by atoms with E-state index in [1.807, 2.05) is 18.2 Å². The lowest BCUT2D eigenvalue weighted by Gasteiger charge is -2.32. The summed E-state index contributed by atoms with van der Waals surface area (Å²) in [6.07, 6.45) is 2.50. The molecule has 0 radical (unpaired) electrons. The second kappa shape index (κ2) is 8.84. The molecule has 6 nitrogen and oxygen atoms in total. The molecule has 0 spiro atoms. The molecule has 1 aromatic carbocycles. The Kier molecular flexibility index (Phi) is 6.27. The minimum atomic E-state index is -0.733. The number of pyridine rings is 1. The number of likely N-dealkylation sites (N-methyl/N-ethyl adjacent to an activating group) is 1. The lowest BCUT2D eigenvalue weighted by molar-refractivity contribution is -0.154. The molecule has 1 unspecified atom stereocenters. The van der Waals surface area contributed by atoms with Crippen molar-refractivity contribution in [1.82, 2.24) is 10.3 Å². The number of fused-ring (bicyclic) bond motifs is 1. The lowest BCUT2D eigenvalue weighted by Crippen LogP contribution is -2.35. The molecule has 1 saturated heterocycles. The van der Waals surface area contributed by atoms with E-state index in [1.165, 1.54) is 7.05 Å². The summed E-state index contributed by atoms with van der Waals surface area (Å²) in [6.45, 7) is 3.48. The Morgan fingerprint density at radius 3 is 2.70 bits per heavy atom. The molecule has 0 aliphatic carbocycles. The van der Waals surface area contributed by atoms with Gasteiger partial charge in [0.25, 0.3) is 5.91 Å². The van der Waals surface area contributed by atoms with Crippen molar-refractivity contribution in [2.75, 3.05) is 25.0 Å². The highest BCUT2D eigenvalue weighted by Crippen LogP contribution is 2.26. The van der Waals surface area contributed by atoms with Gasteiger partial charge in [0.15, 0.2) is 6.10 Å². The van der Waals surface area contributed by atoms with Crippen LogP contribution in [0.25, 0.3) is 10.9 Å². The zero-order chi connectivity index (χ0) is 19.2. The van der Waals surface area contributed by atoms with Gasteiger partial charge in [-0.2, -0.15) is 0 Å². The maximum atomic E-state index is 11.9. The van der Waals surface area contributed by atoms with E-state index in [2.05, 4.69) is 28.4 Å². The maximum Gasteiger partial charge on any atom is 0.306 e. The number of benzene rings is 1. The molecule has 1 aliphatic rings. The quantitative estimate of drug-likeness (QED) is 0.793. The van der Waals surface area contributed by atoms with E-state index < -0.39 is 6.10 Å². The molecule has 0 bridgehead atoms. The van der Waals surface area contributed by atoms with Gasteiger partial charge in [0.2, 0.25) is 0 Å². The van der Waals surface area contributed by atoms with Crippen molar-refractivity contribution in [1.29, 1.82) is 0 Å². The Balaban J connectivity index is 1.46. The lowest BCUT2D eigenvalue weighted by atomic mass is 9.92. The molecule has 2 aromatic rings. The van der Waals surface area contributed by atoms with E-state index in [-0.39, 0.29) is 11.9 Å². The van der Waals surface area contributed by atoms with Crippen LogP contribution in [0.5, 0.6) is 0 Å². The van der Waals surface area contributed by atoms with Crippen LogP contribution in [-0.4, -0.2) is 43.1 Å². The summed E-state index contributed by atoms with van der Waals surface area (Å²) in [5.74, 6) is 0.944. The van der Waals surface area contributed by atoms with Crippen molar-refractivity contribution in [3.8, 4) is 0 Å². The average Bonchev–Trinajstić information content (AvgIpc) is 2.71. The van der Waals surface area contributed by atoms with Gasteiger partial charge in [-0.1, -0.05) is 18.2 Å². The van der Waals surface area contributed by atoms with Crippen LogP contribution in [0.2, 0.25) is 0 Å². The molecule has 3 rings (SSSR count). The SMILES string of the molecule is CNC(=O)C(C)OC(=O)CCC1CCN(c2ccc3ccccc3n2)CC1. The number of anilines is 1. The molecule has 1 amide bonds. The zero-order valence-electron chi connectivity index (χ0n) is 16.0. The summed E-state index contributed by atoms with van der Waals surface area (Å²) in [5, 5.41) is 3.63. The number of carbonyl (C=O) groups is 2. The number of para-hydroxylation sites is 1. The summed E-state index contributed by atoms with van der Waals surface area (Å²) in [6, 6.07) is 12.3. The maximum absolute atomic E-state index is 11.9. The third-order valence-electron chi connectivity index (χ3n) is 5.20. The van der Waals surface area contributed by atoms with Crippen molar-refractivity contribution in [3.05, 3.63) is 36.4 Å². The summed E-state index contributed by atoms with van der Waals surface area (Å²) < 4.78 is 5.15. The Bertz CT molecular complexity index is 800. The normalized spacial score (nSPS) is 16.1. The van der Waals surface area contributed by atoms with E-state index in [0.29, 0.717) is 12.3 Å². The third-order valence-corrected chi connectivity index (χ3v) is 5.20. The van der Waals surface area contributed by atoms with Crippen molar-refractivity contribution >= 4 is 28.6 Å². The predicted molar refractivity (Wildman–Crippen MR) is 106 cm³/mol. The van der Waals surface area contributed by atoms with Crippen LogP contribution in [0.4, 0.5) is 5.82 Å². The minimum absolute atomic E-state index is 0.278. The van der Waals surface area contributed by atoms with Crippen LogP contribution < -0.4 is 10.2 Å². The highest BCUT2D eigenvalue weighted by molar-refractivity contribution is 5.83. The fourth-order valence-corrected chi connectivity index (χ4v) is 3.52. The fraction of sp³-hybridized carbons (Fsp3) is 0.476. The molecule has 2 heterocycles. The molecule has 1 aromatic heterocycles. The topological polar surface area (TPSA) is 71.5 Å². The number of aromatic nitrogens is 1. The average molecular weight is 369 g/mol. The molecule has 1 N–H and O–H groups in total. The van der Waals surface area contributed by atoms with Gasteiger partial charge in [-0.05, 0) is 50.3 Å². The second-order valence-electron chi connectivity index (χ2n) is 7.08. The number of esters is 1.